The Labute approximate surface area is 52.1 Å². The lowest BCUT2D eigenvalue weighted by atomic mass is 10.7. The van der Waals surface area contributed by atoms with Gasteiger partial charge in [-0.2, -0.15) is 0 Å². The van der Waals surface area contributed by atoms with Crippen molar-refractivity contribution in [2.24, 2.45) is 0 Å². The van der Waals surface area contributed by atoms with Crippen LogP contribution in [0.1, 0.15) is 6.92 Å². The van der Waals surface area contributed by atoms with E-state index in [1.807, 2.05) is 5.41 Å². The Morgan fingerprint density at radius 3 is 2.86 bits per heavy atom. The van der Waals surface area contributed by atoms with E-state index >= 15 is 0 Å². The predicted molar refractivity (Wildman–Crippen MR) is 34.1 cm³/mol. The average molecular weight is 136 g/mol. The molecular weight excluding hydrogens is 130 g/mol. The fourth-order valence-corrected chi connectivity index (χ4v) is 1.39. The molecule has 1 N–H and O–H groups in total. The van der Waals surface area contributed by atoms with Gasteiger partial charge in [0.1, 0.15) is 5.16 Å². The second kappa shape index (κ2) is 1.97. The quantitative estimate of drug-likeness (QED) is 0.508. The number of halogens is 1. The molecule has 0 fully saturated rings. The molecule has 1 heterocycles. The largest absolute Gasteiger partial charge is 0.364 e. The minimum Gasteiger partial charge on any atom is -0.364 e. The second-order valence-electron chi connectivity index (χ2n) is 1.39. The van der Waals surface area contributed by atoms with Crippen LogP contribution in [0.5, 0.6) is 0 Å². The van der Waals surface area contributed by atoms with Gasteiger partial charge in [0.2, 0.25) is 0 Å². The normalized spacial score (nSPS) is 29.4. The number of thioether (sulfide) groups is 1. The zero-order valence-electron chi connectivity index (χ0n) is 3.94. The fourth-order valence-electron chi connectivity index (χ4n) is 0.424. The van der Waals surface area contributed by atoms with Crippen LogP contribution in [0.3, 0.4) is 0 Å². The number of hydrogen-bond donors (Lipinski definition) is 1. The summed E-state index contributed by atoms with van der Waals surface area (Å²) in [5, 5.41) is 6.14. The van der Waals surface area contributed by atoms with Crippen LogP contribution in [-0.4, -0.2) is 5.37 Å². The molecule has 0 radical (unpaired) electrons. The first-order chi connectivity index (χ1) is 3.29. The summed E-state index contributed by atoms with van der Waals surface area (Å²) in [6.07, 6.45) is 0. The van der Waals surface area contributed by atoms with Gasteiger partial charge in [-0.1, -0.05) is 11.6 Å². The molecule has 0 bridgehead atoms. The lowest BCUT2D eigenvalue weighted by Gasteiger charge is -1.99. The molecule has 0 aromatic rings. The highest BCUT2D eigenvalue weighted by Crippen LogP contribution is 2.21. The number of nitrogens with one attached hydrogen (secondary N) is 1. The molecule has 0 aromatic heterocycles. The Balaban J connectivity index is 2.42. The van der Waals surface area contributed by atoms with Gasteiger partial charge in [-0.3, -0.25) is 0 Å². The van der Waals surface area contributed by atoms with Crippen molar-refractivity contribution in [2.75, 3.05) is 0 Å². The van der Waals surface area contributed by atoms with Gasteiger partial charge in [0.15, 0.2) is 0 Å². The van der Waals surface area contributed by atoms with Gasteiger partial charge < -0.3 is 5.32 Å². The van der Waals surface area contributed by atoms with Crippen molar-refractivity contribution in [1.29, 1.82) is 0 Å². The predicted octanol–water partition coefficient (Wildman–Crippen LogP) is 1.71. The summed E-state index contributed by atoms with van der Waals surface area (Å²) < 4.78 is 0. The van der Waals surface area contributed by atoms with Gasteiger partial charge in [-0.05, 0) is 6.92 Å². The topological polar surface area (TPSA) is 12.0 Å². The van der Waals surface area contributed by atoms with Crippen LogP contribution < -0.4 is 5.32 Å². The summed E-state index contributed by atoms with van der Waals surface area (Å²) in [4.78, 5) is 0. The molecular formula is C4H6ClNS. The summed E-state index contributed by atoms with van der Waals surface area (Å²) in [6.45, 7) is 2.07. The third-order valence-corrected chi connectivity index (χ3v) is 1.96. The highest BCUT2D eigenvalue weighted by atomic mass is 35.5. The van der Waals surface area contributed by atoms with E-state index in [1.54, 1.807) is 11.8 Å². The Kier molecular flexibility index (Phi) is 1.50. The van der Waals surface area contributed by atoms with Crippen molar-refractivity contribution >= 4 is 23.4 Å². The number of hydrogen-bond acceptors (Lipinski definition) is 2. The van der Waals surface area contributed by atoms with E-state index in [0.717, 1.165) is 5.16 Å². The molecule has 1 atom stereocenters. The minimum atomic E-state index is 0.465. The summed E-state index contributed by atoms with van der Waals surface area (Å²) in [6, 6.07) is 0. The van der Waals surface area contributed by atoms with Crippen molar-refractivity contribution in [3.63, 3.8) is 0 Å². The molecule has 1 nitrogen and oxygen atoms in total. The van der Waals surface area contributed by atoms with Crippen molar-refractivity contribution in [2.45, 2.75) is 12.3 Å². The molecule has 0 saturated carbocycles. The molecule has 0 aromatic carbocycles. The van der Waals surface area contributed by atoms with Crippen LogP contribution in [0.4, 0.5) is 0 Å². The Bertz CT molecular complexity index is 102. The van der Waals surface area contributed by atoms with Crippen LogP contribution in [0.15, 0.2) is 10.6 Å². The monoisotopic (exact) mass is 135 g/mol. The van der Waals surface area contributed by atoms with Crippen molar-refractivity contribution in [3.8, 4) is 0 Å². The van der Waals surface area contributed by atoms with E-state index in [2.05, 4.69) is 12.2 Å². The highest BCUT2D eigenvalue weighted by Gasteiger charge is 2.07. The molecule has 0 spiro atoms. The molecule has 3 heteroatoms. The summed E-state index contributed by atoms with van der Waals surface area (Å²) in [7, 11) is 0. The van der Waals surface area contributed by atoms with Gasteiger partial charge in [0.25, 0.3) is 0 Å². The van der Waals surface area contributed by atoms with E-state index in [0.29, 0.717) is 5.37 Å². The molecule has 7 heavy (non-hydrogen) atoms. The maximum atomic E-state index is 5.54. The molecule has 40 valence electrons. The van der Waals surface area contributed by atoms with Gasteiger partial charge >= 0.3 is 0 Å². The number of rotatable bonds is 0. The maximum absolute atomic E-state index is 5.54. The molecule has 0 unspecified atom stereocenters. The Morgan fingerprint density at radius 1 is 2.00 bits per heavy atom. The molecule has 1 aliphatic heterocycles. The minimum absolute atomic E-state index is 0.465. The fraction of sp³-hybridized carbons (Fsp3) is 0.500. The lowest BCUT2D eigenvalue weighted by Crippen LogP contribution is -2.12. The smallest absolute Gasteiger partial charge is 0.109 e. The van der Waals surface area contributed by atoms with Crippen molar-refractivity contribution in [1.82, 2.24) is 5.32 Å². The zero-order valence-corrected chi connectivity index (χ0v) is 5.51. The Hall–Kier alpha value is 0.180. The van der Waals surface area contributed by atoms with Gasteiger partial charge in [0.05, 0.1) is 5.37 Å². The van der Waals surface area contributed by atoms with Crippen LogP contribution in [0, 0.1) is 0 Å². The SMILES string of the molecule is C[C@H]1NC(Cl)=CS1. The molecule has 1 aliphatic rings. The van der Waals surface area contributed by atoms with Crippen molar-refractivity contribution < 1.29 is 0 Å². The summed E-state index contributed by atoms with van der Waals surface area (Å²) in [5.74, 6) is 0. The molecule has 0 amide bonds. The van der Waals surface area contributed by atoms with E-state index in [4.69, 9.17) is 11.6 Å². The molecule has 0 aliphatic carbocycles. The van der Waals surface area contributed by atoms with E-state index in [-0.39, 0.29) is 0 Å². The summed E-state index contributed by atoms with van der Waals surface area (Å²) in [5.41, 5.74) is 0. The second-order valence-corrected chi connectivity index (χ2v) is 3.01. The molecule has 0 saturated heterocycles. The third kappa shape index (κ3) is 1.28. The van der Waals surface area contributed by atoms with Gasteiger partial charge in [0, 0.05) is 5.41 Å². The standard InChI is InChI=1S/C4H6ClNS/c1-3-6-4(5)2-7-3/h2-3,6H,1H3/t3-/m0/s1. The lowest BCUT2D eigenvalue weighted by molar-refractivity contribution is 0.859. The van der Waals surface area contributed by atoms with E-state index in [9.17, 15) is 0 Å². The zero-order chi connectivity index (χ0) is 5.28. The van der Waals surface area contributed by atoms with Crippen LogP contribution >= 0.6 is 23.4 Å². The maximum Gasteiger partial charge on any atom is 0.109 e. The highest BCUT2D eigenvalue weighted by molar-refractivity contribution is 8.03. The Morgan fingerprint density at radius 2 is 2.71 bits per heavy atom. The summed E-state index contributed by atoms with van der Waals surface area (Å²) >= 11 is 7.24. The first-order valence-corrected chi connectivity index (χ1v) is 3.39. The van der Waals surface area contributed by atoms with Crippen LogP contribution in [-0.2, 0) is 0 Å². The first-order valence-electron chi connectivity index (χ1n) is 2.07. The first kappa shape index (κ1) is 5.32. The van der Waals surface area contributed by atoms with E-state index < -0.39 is 0 Å². The van der Waals surface area contributed by atoms with E-state index in [1.165, 1.54) is 0 Å². The van der Waals surface area contributed by atoms with Crippen molar-refractivity contribution in [3.05, 3.63) is 10.6 Å². The molecule has 1 rings (SSSR count). The van der Waals surface area contributed by atoms with Crippen LogP contribution in [0.2, 0.25) is 0 Å². The van der Waals surface area contributed by atoms with Gasteiger partial charge in [-0.15, -0.1) is 11.8 Å². The third-order valence-electron chi connectivity index (χ3n) is 0.717. The van der Waals surface area contributed by atoms with Crippen LogP contribution in [0.25, 0.3) is 0 Å². The van der Waals surface area contributed by atoms with Gasteiger partial charge in [-0.25, -0.2) is 0 Å². The average Bonchev–Trinajstić information content (AvgIpc) is 1.87.